The number of nitrogens with one attached hydrogen (secondary N) is 1. The molecule has 0 saturated carbocycles. The van der Waals surface area contributed by atoms with Crippen molar-refractivity contribution in [3.05, 3.63) is 69.1 Å². The van der Waals surface area contributed by atoms with Crippen LogP contribution in [-0.2, 0) is 6.54 Å². The normalized spacial score (nSPS) is 10.3. The molecule has 104 valence electrons. The molecule has 0 unspecified atom stereocenters. The van der Waals surface area contributed by atoms with Crippen LogP contribution < -0.4 is 5.43 Å². The summed E-state index contributed by atoms with van der Waals surface area (Å²) in [6, 6.07) is 9.41. The Morgan fingerprint density at radius 3 is 2.65 bits per heavy atom. The predicted molar refractivity (Wildman–Crippen MR) is 78.8 cm³/mol. The van der Waals surface area contributed by atoms with Gasteiger partial charge in [-0.3, -0.25) is 9.59 Å². The average Bonchev–Trinajstić information content (AvgIpc) is 2.38. The van der Waals surface area contributed by atoms with Gasteiger partial charge in [0.1, 0.15) is 5.56 Å². The van der Waals surface area contributed by atoms with Gasteiger partial charge in [0.15, 0.2) is 5.43 Å². The highest BCUT2D eigenvalue weighted by Gasteiger charge is 2.15. The highest BCUT2D eigenvalue weighted by Crippen LogP contribution is 2.08. The number of H-pyrrole nitrogens is 1. The Balaban J connectivity index is 2.18. The van der Waals surface area contributed by atoms with Crippen LogP contribution in [0.2, 0.25) is 0 Å². The lowest BCUT2D eigenvalue weighted by Crippen LogP contribution is -2.30. The Hall–Kier alpha value is -2.36. The average molecular weight is 270 g/mol. The first kappa shape index (κ1) is 14.1. The Kier molecular flexibility index (Phi) is 4.03. The number of rotatable bonds is 3. The van der Waals surface area contributed by atoms with Crippen LogP contribution in [-0.4, -0.2) is 22.8 Å². The first-order valence-corrected chi connectivity index (χ1v) is 6.47. The van der Waals surface area contributed by atoms with Crippen LogP contribution in [0.3, 0.4) is 0 Å². The van der Waals surface area contributed by atoms with Crippen molar-refractivity contribution in [3.8, 4) is 0 Å². The molecule has 2 aromatic rings. The zero-order chi connectivity index (χ0) is 14.7. The molecule has 0 spiro atoms. The van der Waals surface area contributed by atoms with Gasteiger partial charge in [-0.25, -0.2) is 0 Å². The maximum absolute atomic E-state index is 12.3. The van der Waals surface area contributed by atoms with Gasteiger partial charge in [0, 0.05) is 31.5 Å². The summed E-state index contributed by atoms with van der Waals surface area (Å²) in [4.78, 5) is 28.5. The van der Waals surface area contributed by atoms with Crippen molar-refractivity contribution >= 4 is 5.91 Å². The van der Waals surface area contributed by atoms with Crippen LogP contribution in [0.15, 0.2) is 41.3 Å². The Morgan fingerprint density at radius 2 is 2.00 bits per heavy atom. The minimum atomic E-state index is -0.271. The van der Waals surface area contributed by atoms with Crippen LogP contribution in [0.25, 0.3) is 0 Å². The van der Waals surface area contributed by atoms with E-state index in [1.54, 1.807) is 18.9 Å². The molecule has 0 saturated heterocycles. The third-order valence-corrected chi connectivity index (χ3v) is 3.14. The van der Waals surface area contributed by atoms with E-state index in [1.165, 1.54) is 12.3 Å². The summed E-state index contributed by atoms with van der Waals surface area (Å²) in [5, 5.41) is 0. The lowest BCUT2D eigenvalue weighted by molar-refractivity contribution is 0.0783. The van der Waals surface area contributed by atoms with Crippen molar-refractivity contribution in [1.82, 2.24) is 9.88 Å². The van der Waals surface area contributed by atoms with Crippen molar-refractivity contribution in [2.24, 2.45) is 0 Å². The van der Waals surface area contributed by atoms with E-state index in [4.69, 9.17) is 0 Å². The van der Waals surface area contributed by atoms with Gasteiger partial charge in [0.05, 0.1) is 0 Å². The monoisotopic (exact) mass is 270 g/mol. The maximum atomic E-state index is 12.3. The maximum Gasteiger partial charge on any atom is 0.259 e. The predicted octanol–water partition coefficient (Wildman–Crippen LogP) is 2.26. The molecule has 0 atom stereocenters. The third kappa shape index (κ3) is 3.15. The Bertz CT molecular complexity index is 689. The van der Waals surface area contributed by atoms with Gasteiger partial charge in [-0.2, -0.15) is 0 Å². The molecule has 0 aliphatic rings. The Morgan fingerprint density at radius 1 is 1.25 bits per heavy atom. The van der Waals surface area contributed by atoms with Gasteiger partial charge in [-0.15, -0.1) is 0 Å². The summed E-state index contributed by atoms with van der Waals surface area (Å²) in [6.07, 6.45) is 1.48. The smallest absolute Gasteiger partial charge is 0.259 e. The topological polar surface area (TPSA) is 53.2 Å². The number of aromatic nitrogens is 1. The van der Waals surface area contributed by atoms with E-state index in [9.17, 15) is 9.59 Å². The second-order valence-electron chi connectivity index (χ2n) is 5.04. The third-order valence-electron chi connectivity index (χ3n) is 3.14. The molecule has 0 fully saturated rings. The SMILES string of the molecule is Cc1cccc(CN(C)C(=O)c2c[nH]c(C)cc2=O)c1. The van der Waals surface area contributed by atoms with E-state index in [2.05, 4.69) is 4.98 Å². The minimum Gasteiger partial charge on any atom is -0.364 e. The van der Waals surface area contributed by atoms with E-state index in [0.29, 0.717) is 6.54 Å². The number of pyridine rings is 1. The van der Waals surface area contributed by atoms with E-state index in [1.807, 2.05) is 31.2 Å². The first-order valence-electron chi connectivity index (χ1n) is 6.47. The first-order chi connectivity index (χ1) is 9.47. The van der Waals surface area contributed by atoms with Gasteiger partial charge in [-0.1, -0.05) is 29.8 Å². The van der Waals surface area contributed by atoms with Crippen molar-refractivity contribution in [2.75, 3.05) is 7.05 Å². The molecule has 0 aliphatic heterocycles. The van der Waals surface area contributed by atoms with Crippen LogP contribution in [0, 0.1) is 13.8 Å². The second kappa shape index (κ2) is 5.74. The molecular weight excluding hydrogens is 252 g/mol. The van der Waals surface area contributed by atoms with Gasteiger partial charge >= 0.3 is 0 Å². The van der Waals surface area contributed by atoms with Gasteiger partial charge in [0.25, 0.3) is 5.91 Å². The highest BCUT2D eigenvalue weighted by molar-refractivity contribution is 5.93. The summed E-state index contributed by atoms with van der Waals surface area (Å²) in [6.45, 7) is 4.27. The fourth-order valence-corrected chi connectivity index (χ4v) is 2.10. The molecule has 4 heteroatoms. The number of hydrogen-bond donors (Lipinski definition) is 1. The highest BCUT2D eigenvalue weighted by atomic mass is 16.2. The standard InChI is InChI=1S/C16H18N2O2/c1-11-5-4-6-13(7-11)10-18(3)16(20)14-9-17-12(2)8-15(14)19/h4-9H,10H2,1-3H3,(H,17,19). The largest absolute Gasteiger partial charge is 0.364 e. The number of hydrogen-bond acceptors (Lipinski definition) is 2. The molecule has 1 aromatic carbocycles. The number of carbonyl (C=O) groups is 1. The number of amides is 1. The minimum absolute atomic E-state index is 0.172. The quantitative estimate of drug-likeness (QED) is 0.930. The van der Waals surface area contributed by atoms with E-state index in [0.717, 1.165) is 16.8 Å². The lowest BCUT2D eigenvalue weighted by atomic mass is 10.1. The molecule has 4 nitrogen and oxygen atoms in total. The van der Waals surface area contributed by atoms with E-state index in [-0.39, 0.29) is 16.9 Å². The summed E-state index contributed by atoms with van der Waals surface area (Å²) >= 11 is 0. The lowest BCUT2D eigenvalue weighted by Gasteiger charge is -2.17. The second-order valence-corrected chi connectivity index (χ2v) is 5.04. The summed E-state index contributed by atoms with van der Waals surface area (Å²) < 4.78 is 0. The van der Waals surface area contributed by atoms with E-state index < -0.39 is 0 Å². The summed E-state index contributed by atoms with van der Waals surface area (Å²) in [5.74, 6) is -0.271. The molecule has 0 radical (unpaired) electrons. The van der Waals surface area contributed by atoms with Crippen molar-refractivity contribution in [2.45, 2.75) is 20.4 Å². The summed E-state index contributed by atoms with van der Waals surface area (Å²) in [7, 11) is 1.70. The molecule has 20 heavy (non-hydrogen) atoms. The number of nitrogens with zero attached hydrogens (tertiary/aromatic N) is 1. The number of carbonyl (C=O) groups excluding carboxylic acids is 1. The molecule has 1 amide bonds. The van der Waals surface area contributed by atoms with Gasteiger partial charge < -0.3 is 9.88 Å². The number of aryl methyl sites for hydroxylation is 2. The molecule has 2 rings (SSSR count). The molecule has 1 aromatic heterocycles. The number of aromatic amines is 1. The Labute approximate surface area is 118 Å². The number of benzene rings is 1. The molecule has 0 aliphatic carbocycles. The van der Waals surface area contributed by atoms with E-state index >= 15 is 0 Å². The van der Waals surface area contributed by atoms with Crippen molar-refractivity contribution in [1.29, 1.82) is 0 Å². The van der Waals surface area contributed by atoms with Gasteiger partial charge in [0.2, 0.25) is 0 Å². The van der Waals surface area contributed by atoms with Gasteiger partial charge in [-0.05, 0) is 19.4 Å². The fourth-order valence-electron chi connectivity index (χ4n) is 2.10. The zero-order valence-electron chi connectivity index (χ0n) is 11.9. The van der Waals surface area contributed by atoms with Crippen molar-refractivity contribution in [3.63, 3.8) is 0 Å². The van der Waals surface area contributed by atoms with Crippen LogP contribution >= 0.6 is 0 Å². The zero-order valence-corrected chi connectivity index (χ0v) is 11.9. The molecule has 0 bridgehead atoms. The van der Waals surface area contributed by atoms with Crippen LogP contribution in [0.1, 0.15) is 27.2 Å². The summed E-state index contributed by atoms with van der Waals surface area (Å²) in [5.41, 5.74) is 2.86. The van der Waals surface area contributed by atoms with Crippen LogP contribution in [0.4, 0.5) is 0 Å². The molecule has 1 N–H and O–H groups in total. The van der Waals surface area contributed by atoms with Crippen LogP contribution in [0.5, 0.6) is 0 Å². The van der Waals surface area contributed by atoms with Crippen molar-refractivity contribution < 1.29 is 4.79 Å². The fraction of sp³-hybridized carbons (Fsp3) is 0.250. The molecule has 1 heterocycles. The molecular formula is C16H18N2O2.